The average molecular weight is 213 g/mol. The Balaban J connectivity index is 2.49. The fourth-order valence-corrected chi connectivity index (χ4v) is 2.75. The molecule has 0 saturated carbocycles. The fourth-order valence-electron chi connectivity index (χ4n) is 1.33. The van der Waals surface area contributed by atoms with Crippen LogP contribution in [0.15, 0.2) is 5.16 Å². The van der Waals surface area contributed by atoms with Gasteiger partial charge >= 0.3 is 0 Å². The highest BCUT2D eigenvalue weighted by molar-refractivity contribution is 7.98. The maximum atomic E-state index is 4.47. The van der Waals surface area contributed by atoms with Gasteiger partial charge in [-0.05, 0) is 6.26 Å². The van der Waals surface area contributed by atoms with E-state index in [2.05, 4.69) is 15.3 Å². The van der Waals surface area contributed by atoms with Crippen molar-refractivity contribution in [2.45, 2.75) is 16.7 Å². The van der Waals surface area contributed by atoms with Crippen molar-refractivity contribution in [3.05, 3.63) is 11.3 Å². The van der Waals surface area contributed by atoms with E-state index in [0.717, 1.165) is 22.5 Å². The molecule has 13 heavy (non-hydrogen) atoms. The number of nitrogens with zero attached hydrogens (tertiary/aromatic N) is 2. The fraction of sp³-hybridized carbons (Fsp3) is 0.500. The molecule has 1 aromatic rings. The van der Waals surface area contributed by atoms with Gasteiger partial charge in [0.25, 0.3) is 0 Å². The lowest BCUT2D eigenvalue weighted by atomic mass is 10.2. The lowest BCUT2D eigenvalue weighted by molar-refractivity contribution is 0.920. The summed E-state index contributed by atoms with van der Waals surface area (Å²) in [6, 6.07) is 0. The number of fused-ring (bicyclic) bond motifs is 1. The normalized spacial score (nSPS) is 14.3. The van der Waals surface area contributed by atoms with E-state index in [1.165, 1.54) is 11.3 Å². The minimum atomic E-state index is 0.866. The molecule has 0 atom stereocenters. The molecule has 2 rings (SSSR count). The van der Waals surface area contributed by atoms with Crippen LogP contribution in [0.4, 0.5) is 5.82 Å². The zero-order valence-electron chi connectivity index (χ0n) is 7.63. The predicted octanol–water partition coefficient (Wildman–Crippen LogP) is 1.99. The van der Waals surface area contributed by atoms with Crippen LogP contribution in [-0.4, -0.2) is 23.3 Å². The van der Waals surface area contributed by atoms with Gasteiger partial charge in [-0.2, -0.15) is 11.8 Å². The highest BCUT2D eigenvalue weighted by Crippen LogP contribution is 2.33. The molecule has 0 radical (unpaired) electrons. The third-order valence-corrected chi connectivity index (χ3v) is 3.49. The van der Waals surface area contributed by atoms with E-state index in [1.54, 1.807) is 11.8 Å². The molecule has 0 fully saturated rings. The van der Waals surface area contributed by atoms with Crippen molar-refractivity contribution >= 4 is 29.3 Å². The minimum absolute atomic E-state index is 0.866. The van der Waals surface area contributed by atoms with Crippen LogP contribution in [0.2, 0.25) is 0 Å². The van der Waals surface area contributed by atoms with E-state index in [0.29, 0.717) is 0 Å². The van der Waals surface area contributed by atoms with Gasteiger partial charge in [-0.25, -0.2) is 9.97 Å². The molecule has 1 N–H and O–H groups in total. The third kappa shape index (κ3) is 1.62. The monoisotopic (exact) mass is 213 g/mol. The minimum Gasteiger partial charge on any atom is -0.373 e. The van der Waals surface area contributed by atoms with Crippen molar-refractivity contribution in [3.63, 3.8) is 0 Å². The molecule has 3 nitrogen and oxygen atoms in total. The van der Waals surface area contributed by atoms with E-state index < -0.39 is 0 Å². The standard InChI is InChI=1S/C8H11N3S2/c1-9-7-5-3-13-4-6(5)10-8(11-7)12-2/h3-4H2,1-2H3,(H,9,10,11). The summed E-state index contributed by atoms with van der Waals surface area (Å²) in [5.74, 6) is 3.07. The van der Waals surface area contributed by atoms with E-state index >= 15 is 0 Å². The number of hydrogen-bond donors (Lipinski definition) is 1. The molecular formula is C8H11N3S2. The summed E-state index contributed by atoms with van der Waals surface area (Å²) < 4.78 is 0. The van der Waals surface area contributed by atoms with E-state index in [4.69, 9.17) is 0 Å². The van der Waals surface area contributed by atoms with Gasteiger partial charge in [0.15, 0.2) is 5.16 Å². The van der Waals surface area contributed by atoms with Gasteiger partial charge in [0.1, 0.15) is 5.82 Å². The van der Waals surface area contributed by atoms with Crippen molar-refractivity contribution in [2.75, 3.05) is 18.6 Å². The molecule has 0 bridgehead atoms. The lowest BCUT2D eigenvalue weighted by Crippen LogP contribution is -2.02. The molecule has 0 aromatic carbocycles. The maximum Gasteiger partial charge on any atom is 0.189 e. The van der Waals surface area contributed by atoms with Gasteiger partial charge in [-0.15, -0.1) is 0 Å². The first-order valence-electron chi connectivity index (χ1n) is 4.04. The Morgan fingerprint density at radius 2 is 2.23 bits per heavy atom. The second-order valence-corrected chi connectivity index (χ2v) is 4.49. The zero-order valence-corrected chi connectivity index (χ0v) is 9.26. The van der Waals surface area contributed by atoms with E-state index in [9.17, 15) is 0 Å². The molecule has 5 heteroatoms. The van der Waals surface area contributed by atoms with Gasteiger partial charge < -0.3 is 5.32 Å². The van der Waals surface area contributed by atoms with Gasteiger partial charge in [-0.3, -0.25) is 0 Å². The van der Waals surface area contributed by atoms with Crippen LogP contribution in [0.25, 0.3) is 0 Å². The molecule has 0 saturated heterocycles. The Morgan fingerprint density at radius 3 is 2.92 bits per heavy atom. The number of thioether (sulfide) groups is 2. The molecule has 1 aliphatic rings. The Kier molecular flexibility index (Phi) is 2.64. The zero-order chi connectivity index (χ0) is 9.26. The first kappa shape index (κ1) is 9.15. The summed E-state index contributed by atoms with van der Waals surface area (Å²) in [7, 11) is 1.91. The van der Waals surface area contributed by atoms with Crippen molar-refractivity contribution in [2.24, 2.45) is 0 Å². The van der Waals surface area contributed by atoms with Crippen LogP contribution in [0.5, 0.6) is 0 Å². The SMILES string of the molecule is CNc1nc(SC)nc2c1CSC2. The molecule has 1 aliphatic heterocycles. The Morgan fingerprint density at radius 1 is 1.38 bits per heavy atom. The predicted molar refractivity (Wildman–Crippen MR) is 58.4 cm³/mol. The number of rotatable bonds is 2. The van der Waals surface area contributed by atoms with Crippen LogP contribution in [0, 0.1) is 0 Å². The summed E-state index contributed by atoms with van der Waals surface area (Å²) in [5, 5.41) is 3.99. The number of hydrogen-bond acceptors (Lipinski definition) is 5. The first-order valence-corrected chi connectivity index (χ1v) is 6.42. The van der Waals surface area contributed by atoms with Gasteiger partial charge in [0.05, 0.1) is 5.69 Å². The lowest BCUT2D eigenvalue weighted by Gasteiger charge is -2.06. The van der Waals surface area contributed by atoms with Crippen LogP contribution in [0.3, 0.4) is 0 Å². The van der Waals surface area contributed by atoms with Gasteiger partial charge in [0.2, 0.25) is 0 Å². The van der Waals surface area contributed by atoms with Crippen molar-refractivity contribution < 1.29 is 0 Å². The van der Waals surface area contributed by atoms with Crippen LogP contribution in [-0.2, 0) is 11.5 Å². The first-order chi connectivity index (χ1) is 6.35. The molecule has 70 valence electrons. The molecule has 0 aliphatic carbocycles. The van der Waals surface area contributed by atoms with E-state index in [1.807, 2.05) is 25.1 Å². The van der Waals surface area contributed by atoms with Crippen molar-refractivity contribution in [3.8, 4) is 0 Å². The maximum absolute atomic E-state index is 4.47. The molecule has 0 unspecified atom stereocenters. The number of anilines is 1. The molecule has 1 aromatic heterocycles. The molecular weight excluding hydrogens is 202 g/mol. The Hall–Kier alpha value is -0.420. The molecule has 0 amide bonds. The smallest absolute Gasteiger partial charge is 0.189 e. The van der Waals surface area contributed by atoms with Gasteiger partial charge in [0, 0.05) is 24.1 Å². The largest absolute Gasteiger partial charge is 0.373 e. The number of nitrogens with one attached hydrogen (secondary N) is 1. The summed E-state index contributed by atoms with van der Waals surface area (Å²) in [4.78, 5) is 8.88. The van der Waals surface area contributed by atoms with Crippen LogP contribution in [0.1, 0.15) is 11.3 Å². The summed E-state index contributed by atoms with van der Waals surface area (Å²) in [5.41, 5.74) is 2.49. The van der Waals surface area contributed by atoms with Crippen LogP contribution >= 0.6 is 23.5 Å². The van der Waals surface area contributed by atoms with E-state index in [-0.39, 0.29) is 0 Å². The summed E-state index contributed by atoms with van der Waals surface area (Å²) in [6.45, 7) is 0. The second kappa shape index (κ2) is 3.75. The summed E-state index contributed by atoms with van der Waals surface area (Å²) in [6.07, 6.45) is 2.00. The molecule has 0 spiro atoms. The second-order valence-electron chi connectivity index (χ2n) is 2.73. The van der Waals surface area contributed by atoms with Crippen LogP contribution < -0.4 is 5.32 Å². The molecule has 2 heterocycles. The quantitative estimate of drug-likeness (QED) is 0.600. The van der Waals surface area contributed by atoms with Crippen molar-refractivity contribution in [1.82, 2.24) is 9.97 Å². The topological polar surface area (TPSA) is 37.8 Å². The highest BCUT2D eigenvalue weighted by Gasteiger charge is 2.18. The Bertz CT molecular complexity index is 327. The average Bonchev–Trinajstić information content (AvgIpc) is 2.63. The highest BCUT2D eigenvalue weighted by atomic mass is 32.2. The van der Waals surface area contributed by atoms with Crippen molar-refractivity contribution in [1.29, 1.82) is 0 Å². The third-order valence-electron chi connectivity index (χ3n) is 1.98. The van der Waals surface area contributed by atoms with Gasteiger partial charge in [-0.1, -0.05) is 11.8 Å². The Labute approximate surface area is 86.1 Å². The summed E-state index contributed by atoms with van der Waals surface area (Å²) >= 11 is 3.49. The number of aromatic nitrogens is 2.